The van der Waals surface area contributed by atoms with Crippen molar-refractivity contribution < 1.29 is 14.6 Å². The van der Waals surface area contributed by atoms with Crippen LogP contribution in [0.3, 0.4) is 0 Å². The Bertz CT molecular complexity index is 581. The monoisotopic (exact) mass is 362 g/mol. The minimum atomic E-state index is -0.233. The molecule has 1 heterocycles. The smallest absolute Gasteiger partial charge is 0.409 e. The molecule has 0 saturated carbocycles. The standard InChI is InChI=1S/C19H30N4O3/c1-3-20-18(21-11-5-6-16-7-9-17(24)10-8-16)22-12-14-23(15-13-22)19(25)26-4-2/h7-10,24H,3-6,11-15H2,1-2H3,(H,20,21). The van der Waals surface area contributed by atoms with Gasteiger partial charge in [0, 0.05) is 39.3 Å². The minimum Gasteiger partial charge on any atom is -0.508 e. The summed E-state index contributed by atoms with van der Waals surface area (Å²) in [7, 11) is 0. The highest BCUT2D eigenvalue weighted by Crippen LogP contribution is 2.11. The molecule has 0 spiro atoms. The number of phenolic OH excluding ortho intramolecular Hbond substituents is 1. The van der Waals surface area contributed by atoms with Crippen LogP contribution in [0, 0.1) is 0 Å². The highest BCUT2D eigenvalue weighted by atomic mass is 16.6. The lowest BCUT2D eigenvalue weighted by Gasteiger charge is -2.35. The van der Waals surface area contributed by atoms with Crippen molar-refractivity contribution >= 4 is 12.1 Å². The zero-order valence-corrected chi connectivity index (χ0v) is 15.8. The van der Waals surface area contributed by atoms with Crippen LogP contribution in [0.5, 0.6) is 5.75 Å². The average molecular weight is 362 g/mol. The zero-order valence-electron chi connectivity index (χ0n) is 15.8. The van der Waals surface area contributed by atoms with E-state index in [4.69, 9.17) is 9.73 Å². The Balaban J connectivity index is 1.81. The molecule has 0 radical (unpaired) electrons. The second kappa shape index (κ2) is 10.5. The fourth-order valence-corrected chi connectivity index (χ4v) is 2.87. The molecule has 0 aliphatic carbocycles. The van der Waals surface area contributed by atoms with Gasteiger partial charge in [-0.2, -0.15) is 0 Å². The van der Waals surface area contributed by atoms with Crippen molar-refractivity contribution in [1.82, 2.24) is 15.1 Å². The number of hydrogen-bond donors (Lipinski definition) is 2. The highest BCUT2D eigenvalue weighted by Gasteiger charge is 2.23. The third-order valence-electron chi connectivity index (χ3n) is 4.26. The minimum absolute atomic E-state index is 0.233. The van der Waals surface area contributed by atoms with Crippen molar-refractivity contribution in [3.05, 3.63) is 29.8 Å². The van der Waals surface area contributed by atoms with E-state index in [1.165, 1.54) is 5.56 Å². The topological polar surface area (TPSA) is 77.4 Å². The maximum atomic E-state index is 11.8. The Kier molecular flexibility index (Phi) is 8.05. The van der Waals surface area contributed by atoms with Gasteiger partial charge in [-0.1, -0.05) is 12.1 Å². The molecule has 2 N–H and O–H groups in total. The third kappa shape index (κ3) is 6.13. The van der Waals surface area contributed by atoms with E-state index in [0.717, 1.165) is 45.0 Å². The van der Waals surface area contributed by atoms with Crippen molar-refractivity contribution in [2.24, 2.45) is 4.99 Å². The molecule has 0 atom stereocenters. The summed E-state index contributed by atoms with van der Waals surface area (Å²) >= 11 is 0. The van der Waals surface area contributed by atoms with Crippen LogP contribution < -0.4 is 5.32 Å². The first-order chi connectivity index (χ1) is 12.6. The quantitative estimate of drug-likeness (QED) is 0.460. The summed E-state index contributed by atoms with van der Waals surface area (Å²) < 4.78 is 5.06. The summed E-state index contributed by atoms with van der Waals surface area (Å²) in [5, 5.41) is 12.7. The van der Waals surface area contributed by atoms with Crippen LogP contribution in [0.15, 0.2) is 29.3 Å². The van der Waals surface area contributed by atoms with Gasteiger partial charge in [-0.15, -0.1) is 0 Å². The molecule has 7 nitrogen and oxygen atoms in total. The van der Waals surface area contributed by atoms with Gasteiger partial charge in [-0.05, 0) is 44.4 Å². The van der Waals surface area contributed by atoms with Gasteiger partial charge in [0.05, 0.1) is 6.61 Å². The van der Waals surface area contributed by atoms with Crippen molar-refractivity contribution in [2.45, 2.75) is 26.7 Å². The van der Waals surface area contributed by atoms with E-state index in [0.29, 0.717) is 25.4 Å². The van der Waals surface area contributed by atoms with Crippen LogP contribution in [0.2, 0.25) is 0 Å². The van der Waals surface area contributed by atoms with Gasteiger partial charge in [-0.3, -0.25) is 4.99 Å². The predicted molar refractivity (Wildman–Crippen MR) is 103 cm³/mol. The van der Waals surface area contributed by atoms with Gasteiger partial charge >= 0.3 is 6.09 Å². The fourth-order valence-electron chi connectivity index (χ4n) is 2.87. The van der Waals surface area contributed by atoms with Crippen LogP contribution in [-0.4, -0.2) is 72.8 Å². The number of aryl methyl sites for hydroxylation is 1. The molecule has 7 heteroatoms. The number of amides is 1. The average Bonchev–Trinajstić information content (AvgIpc) is 2.66. The molecule has 1 amide bonds. The molecule has 1 saturated heterocycles. The first-order valence-corrected chi connectivity index (χ1v) is 9.37. The maximum absolute atomic E-state index is 11.8. The second-order valence-corrected chi connectivity index (χ2v) is 6.18. The lowest BCUT2D eigenvalue weighted by Crippen LogP contribution is -2.53. The van der Waals surface area contributed by atoms with E-state index in [1.54, 1.807) is 17.0 Å². The van der Waals surface area contributed by atoms with Crippen LogP contribution in [0.1, 0.15) is 25.8 Å². The highest BCUT2D eigenvalue weighted by molar-refractivity contribution is 5.80. The number of nitrogens with zero attached hydrogens (tertiary/aromatic N) is 3. The Morgan fingerprint density at radius 1 is 1.15 bits per heavy atom. The lowest BCUT2D eigenvalue weighted by atomic mass is 10.1. The summed E-state index contributed by atoms with van der Waals surface area (Å²) in [5.41, 5.74) is 1.20. The van der Waals surface area contributed by atoms with Gasteiger partial charge < -0.3 is 25.0 Å². The number of aliphatic imine (C=N–C) groups is 1. The zero-order chi connectivity index (χ0) is 18.8. The van der Waals surface area contributed by atoms with E-state index < -0.39 is 0 Å². The number of guanidine groups is 1. The largest absolute Gasteiger partial charge is 0.508 e. The number of ether oxygens (including phenoxy) is 1. The maximum Gasteiger partial charge on any atom is 0.409 e. The van der Waals surface area contributed by atoms with Crippen molar-refractivity contribution in [3.63, 3.8) is 0 Å². The first kappa shape index (κ1) is 19.9. The SMILES string of the molecule is CCNC(=NCCCc1ccc(O)cc1)N1CCN(C(=O)OCC)CC1. The number of benzene rings is 1. The number of piperazine rings is 1. The summed E-state index contributed by atoms with van der Waals surface area (Å²) in [6, 6.07) is 7.31. The van der Waals surface area contributed by atoms with Gasteiger partial charge in [0.25, 0.3) is 0 Å². The Morgan fingerprint density at radius 2 is 1.81 bits per heavy atom. The molecular weight excluding hydrogens is 332 g/mol. The molecule has 1 fully saturated rings. The lowest BCUT2D eigenvalue weighted by molar-refractivity contribution is 0.0914. The van der Waals surface area contributed by atoms with Crippen LogP contribution in [0.25, 0.3) is 0 Å². The molecule has 26 heavy (non-hydrogen) atoms. The van der Waals surface area contributed by atoms with Crippen molar-refractivity contribution in [2.75, 3.05) is 45.9 Å². The molecule has 1 aliphatic heterocycles. The third-order valence-corrected chi connectivity index (χ3v) is 4.26. The van der Waals surface area contributed by atoms with E-state index in [1.807, 2.05) is 19.1 Å². The van der Waals surface area contributed by atoms with E-state index in [9.17, 15) is 9.90 Å². The molecular formula is C19H30N4O3. The van der Waals surface area contributed by atoms with E-state index in [-0.39, 0.29) is 6.09 Å². The number of carbonyl (C=O) groups is 1. The van der Waals surface area contributed by atoms with Gasteiger partial charge in [0.2, 0.25) is 0 Å². The number of phenols is 1. The van der Waals surface area contributed by atoms with Crippen LogP contribution >= 0.6 is 0 Å². The van der Waals surface area contributed by atoms with E-state index >= 15 is 0 Å². The molecule has 1 aromatic rings. The molecule has 0 aromatic heterocycles. The Hall–Kier alpha value is -2.44. The number of rotatable bonds is 6. The van der Waals surface area contributed by atoms with Gasteiger partial charge in [0.1, 0.15) is 5.75 Å². The number of carbonyl (C=O) groups excluding carboxylic acids is 1. The Morgan fingerprint density at radius 3 is 2.42 bits per heavy atom. The van der Waals surface area contributed by atoms with Crippen LogP contribution in [0.4, 0.5) is 4.79 Å². The molecule has 144 valence electrons. The molecule has 1 aliphatic rings. The van der Waals surface area contributed by atoms with Gasteiger partial charge in [0.15, 0.2) is 5.96 Å². The number of aromatic hydroxyl groups is 1. The fraction of sp³-hybridized carbons (Fsp3) is 0.579. The Labute approximate surface area is 155 Å². The predicted octanol–water partition coefficient (Wildman–Crippen LogP) is 2.06. The summed E-state index contributed by atoms with van der Waals surface area (Å²) in [6.07, 6.45) is 1.64. The molecule has 0 bridgehead atoms. The number of nitrogens with one attached hydrogen (secondary N) is 1. The first-order valence-electron chi connectivity index (χ1n) is 9.37. The van der Waals surface area contributed by atoms with Gasteiger partial charge in [-0.25, -0.2) is 4.79 Å². The summed E-state index contributed by atoms with van der Waals surface area (Å²) in [6.45, 7) is 8.64. The molecule has 0 unspecified atom stereocenters. The van der Waals surface area contributed by atoms with Crippen LogP contribution in [-0.2, 0) is 11.2 Å². The molecule has 1 aromatic carbocycles. The summed E-state index contributed by atoms with van der Waals surface area (Å²) in [5.74, 6) is 1.20. The van der Waals surface area contributed by atoms with Crippen molar-refractivity contribution in [3.8, 4) is 5.75 Å². The second-order valence-electron chi connectivity index (χ2n) is 6.18. The summed E-state index contributed by atoms with van der Waals surface area (Å²) in [4.78, 5) is 20.5. The normalized spacial score (nSPS) is 15.1. The molecule has 2 rings (SSSR count). The van der Waals surface area contributed by atoms with Crippen molar-refractivity contribution in [1.29, 1.82) is 0 Å². The van der Waals surface area contributed by atoms with E-state index in [2.05, 4.69) is 17.1 Å². The number of hydrogen-bond acceptors (Lipinski definition) is 4.